The molecule has 0 radical (unpaired) electrons. The van der Waals surface area contributed by atoms with Crippen molar-refractivity contribution in [3.05, 3.63) is 24.3 Å². The van der Waals surface area contributed by atoms with Crippen molar-refractivity contribution in [2.45, 2.75) is 6.92 Å². The molecule has 6 nitrogen and oxygen atoms in total. The molecule has 0 saturated heterocycles. The van der Waals surface area contributed by atoms with Gasteiger partial charge >= 0.3 is 6.09 Å². The molecule has 3 N–H and O–H groups in total. The Labute approximate surface area is 92.0 Å². The Morgan fingerprint density at radius 3 is 3.06 bits per heavy atom. The molecule has 1 heterocycles. The van der Waals surface area contributed by atoms with Gasteiger partial charge in [0.1, 0.15) is 0 Å². The van der Waals surface area contributed by atoms with Crippen molar-refractivity contribution in [2.75, 3.05) is 11.6 Å². The molecule has 0 bridgehead atoms. The van der Waals surface area contributed by atoms with Gasteiger partial charge in [0.05, 0.1) is 12.1 Å². The third-order valence-corrected chi connectivity index (χ3v) is 2.14. The molecule has 1 aromatic heterocycles. The highest BCUT2D eigenvalue weighted by Crippen LogP contribution is 2.21. The van der Waals surface area contributed by atoms with Crippen molar-refractivity contribution >= 4 is 22.8 Å². The largest absolute Gasteiger partial charge is 0.448 e. The van der Waals surface area contributed by atoms with Crippen LogP contribution < -0.4 is 10.9 Å². The number of carbonyl (C=O) groups is 1. The highest BCUT2D eigenvalue weighted by atomic mass is 16.6. The fourth-order valence-electron chi connectivity index (χ4n) is 1.41. The third kappa shape index (κ3) is 1.70. The minimum atomic E-state index is -0.625. The molecule has 1 amide bonds. The van der Waals surface area contributed by atoms with Crippen molar-refractivity contribution < 1.29 is 9.53 Å². The molecule has 0 saturated carbocycles. The predicted octanol–water partition coefficient (Wildman–Crippen LogP) is 1.40. The van der Waals surface area contributed by atoms with Crippen LogP contribution >= 0.6 is 0 Å². The topological polar surface area (TPSA) is 84.2 Å². The smallest absolute Gasteiger partial charge is 0.430 e. The first-order valence-electron chi connectivity index (χ1n) is 4.88. The number of amides is 1. The lowest BCUT2D eigenvalue weighted by atomic mass is 10.2. The Balaban J connectivity index is 2.36. The number of anilines is 1. The first-order valence-corrected chi connectivity index (χ1v) is 4.88. The van der Waals surface area contributed by atoms with E-state index >= 15 is 0 Å². The van der Waals surface area contributed by atoms with Crippen molar-refractivity contribution in [2.24, 2.45) is 5.84 Å². The van der Waals surface area contributed by atoms with Crippen LogP contribution in [0.3, 0.4) is 0 Å². The van der Waals surface area contributed by atoms with Crippen LogP contribution in [0.2, 0.25) is 0 Å². The highest BCUT2D eigenvalue weighted by molar-refractivity contribution is 5.97. The maximum atomic E-state index is 11.4. The lowest BCUT2D eigenvalue weighted by Gasteiger charge is -2.12. The number of ether oxygens (including phenoxy) is 1. The van der Waals surface area contributed by atoms with E-state index in [0.29, 0.717) is 5.82 Å². The number of hydrogen-bond donors (Lipinski definition) is 2. The molecule has 0 aliphatic heterocycles. The monoisotopic (exact) mass is 220 g/mol. The second kappa shape index (κ2) is 4.19. The summed E-state index contributed by atoms with van der Waals surface area (Å²) in [4.78, 5) is 11.4. The van der Waals surface area contributed by atoms with Crippen LogP contribution in [0.4, 0.5) is 10.6 Å². The lowest BCUT2D eigenvalue weighted by Crippen LogP contribution is -2.38. The van der Waals surface area contributed by atoms with Crippen molar-refractivity contribution in [3.63, 3.8) is 0 Å². The molecule has 0 unspecified atom stereocenters. The molecule has 6 heteroatoms. The van der Waals surface area contributed by atoms with E-state index in [0.717, 1.165) is 15.9 Å². The van der Waals surface area contributed by atoms with Crippen molar-refractivity contribution in [1.82, 2.24) is 10.2 Å². The maximum Gasteiger partial charge on any atom is 0.430 e. The standard InChI is InChI=1S/C10H12N4O2/c1-2-16-10(15)14(11)9-7-5-3-4-6-8(7)12-13-9/h3-6H,2,11H2,1H3,(H,12,13). The van der Waals surface area contributed by atoms with E-state index in [-0.39, 0.29) is 6.61 Å². The fraction of sp³-hybridized carbons (Fsp3) is 0.200. The van der Waals surface area contributed by atoms with Gasteiger partial charge in [-0.25, -0.2) is 10.6 Å². The molecule has 2 rings (SSSR count). The number of nitrogens with one attached hydrogen (secondary N) is 1. The molecule has 84 valence electrons. The number of aromatic nitrogens is 2. The van der Waals surface area contributed by atoms with Gasteiger partial charge in [0, 0.05) is 5.39 Å². The van der Waals surface area contributed by atoms with Crippen molar-refractivity contribution in [1.29, 1.82) is 0 Å². The number of nitrogens with two attached hydrogens (primary N) is 1. The zero-order valence-corrected chi connectivity index (χ0v) is 8.80. The summed E-state index contributed by atoms with van der Waals surface area (Å²) in [7, 11) is 0. The van der Waals surface area contributed by atoms with Gasteiger partial charge in [-0.2, -0.15) is 10.1 Å². The van der Waals surface area contributed by atoms with Crippen molar-refractivity contribution in [3.8, 4) is 0 Å². The summed E-state index contributed by atoms with van der Waals surface area (Å²) in [5.41, 5.74) is 0.817. The van der Waals surface area contributed by atoms with E-state index in [1.807, 2.05) is 24.3 Å². The minimum Gasteiger partial charge on any atom is -0.448 e. The number of rotatable bonds is 2. The minimum absolute atomic E-state index is 0.273. The molecular weight excluding hydrogens is 208 g/mol. The number of carbonyl (C=O) groups excluding carboxylic acids is 1. The number of benzene rings is 1. The van der Waals surface area contributed by atoms with E-state index in [2.05, 4.69) is 10.2 Å². The summed E-state index contributed by atoms with van der Waals surface area (Å²) in [6.45, 7) is 1.99. The molecular formula is C10H12N4O2. The van der Waals surface area contributed by atoms with Gasteiger partial charge in [0.15, 0.2) is 5.82 Å². The molecule has 1 aromatic carbocycles. The van der Waals surface area contributed by atoms with E-state index in [1.54, 1.807) is 6.92 Å². The van der Waals surface area contributed by atoms with Crippen LogP contribution in [0, 0.1) is 0 Å². The Hall–Kier alpha value is -2.08. The second-order valence-electron chi connectivity index (χ2n) is 3.16. The Kier molecular flexibility index (Phi) is 2.74. The van der Waals surface area contributed by atoms with E-state index in [1.165, 1.54) is 0 Å². The summed E-state index contributed by atoms with van der Waals surface area (Å²) in [6, 6.07) is 7.40. The average Bonchev–Trinajstić information content (AvgIpc) is 2.72. The number of hydrogen-bond acceptors (Lipinski definition) is 4. The number of nitrogens with zero attached hydrogens (tertiary/aromatic N) is 2. The molecule has 0 aliphatic carbocycles. The normalized spacial score (nSPS) is 10.4. The zero-order chi connectivity index (χ0) is 11.5. The van der Waals surface area contributed by atoms with E-state index < -0.39 is 6.09 Å². The molecule has 0 spiro atoms. The Morgan fingerprint density at radius 2 is 2.31 bits per heavy atom. The first kappa shape index (κ1) is 10.4. The second-order valence-corrected chi connectivity index (χ2v) is 3.16. The number of fused-ring (bicyclic) bond motifs is 1. The highest BCUT2D eigenvalue weighted by Gasteiger charge is 2.17. The molecule has 0 aliphatic rings. The number of aromatic amines is 1. The third-order valence-electron chi connectivity index (χ3n) is 2.14. The van der Waals surface area contributed by atoms with E-state index in [4.69, 9.17) is 10.6 Å². The van der Waals surface area contributed by atoms with Crippen LogP contribution in [0.25, 0.3) is 10.9 Å². The molecule has 2 aromatic rings. The van der Waals surface area contributed by atoms with Crippen LogP contribution in [-0.2, 0) is 4.74 Å². The maximum absolute atomic E-state index is 11.4. The quantitative estimate of drug-likeness (QED) is 0.455. The van der Waals surface area contributed by atoms with Gasteiger partial charge in [-0.05, 0) is 19.1 Å². The zero-order valence-electron chi connectivity index (χ0n) is 8.80. The summed E-state index contributed by atoms with van der Waals surface area (Å²) in [5, 5.41) is 8.43. The summed E-state index contributed by atoms with van der Waals surface area (Å²) in [6.07, 6.45) is -0.625. The number of H-pyrrole nitrogens is 1. The van der Waals surface area contributed by atoms with Crippen LogP contribution in [-0.4, -0.2) is 22.9 Å². The van der Waals surface area contributed by atoms with Gasteiger partial charge in [0.25, 0.3) is 0 Å². The Morgan fingerprint density at radius 1 is 1.56 bits per heavy atom. The van der Waals surface area contributed by atoms with Crippen LogP contribution in [0.1, 0.15) is 6.92 Å². The summed E-state index contributed by atoms with van der Waals surface area (Å²) in [5.74, 6) is 5.97. The predicted molar refractivity (Wildman–Crippen MR) is 59.8 cm³/mol. The number of para-hydroxylation sites is 1. The fourth-order valence-corrected chi connectivity index (χ4v) is 1.41. The lowest BCUT2D eigenvalue weighted by molar-refractivity contribution is 0.159. The van der Waals surface area contributed by atoms with E-state index in [9.17, 15) is 4.79 Å². The van der Waals surface area contributed by atoms with Crippen LogP contribution in [0.5, 0.6) is 0 Å². The number of hydrazine groups is 1. The molecule has 0 atom stereocenters. The van der Waals surface area contributed by atoms with Crippen LogP contribution in [0.15, 0.2) is 24.3 Å². The average molecular weight is 220 g/mol. The van der Waals surface area contributed by atoms with Gasteiger partial charge in [-0.15, -0.1) is 0 Å². The van der Waals surface area contributed by atoms with Gasteiger partial charge in [-0.3, -0.25) is 5.10 Å². The molecule has 0 fully saturated rings. The van der Waals surface area contributed by atoms with Gasteiger partial charge in [-0.1, -0.05) is 12.1 Å². The van der Waals surface area contributed by atoms with Gasteiger partial charge in [0.2, 0.25) is 0 Å². The first-order chi connectivity index (χ1) is 7.74. The Bertz CT molecular complexity index is 508. The van der Waals surface area contributed by atoms with Gasteiger partial charge < -0.3 is 4.74 Å². The molecule has 16 heavy (non-hydrogen) atoms. The summed E-state index contributed by atoms with van der Waals surface area (Å²) < 4.78 is 4.78. The SMILES string of the molecule is CCOC(=O)N(N)c1n[nH]c2ccccc12. The summed E-state index contributed by atoms with van der Waals surface area (Å²) >= 11 is 0.